The second kappa shape index (κ2) is 8.98. The Bertz CT molecular complexity index is 1070. The molecule has 2 aromatic carbocycles. The molecule has 2 aromatic heterocycles. The third kappa shape index (κ3) is 5.07. The molecule has 0 aliphatic rings. The zero-order valence-corrected chi connectivity index (χ0v) is 17.5. The Morgan fingerprint density at radius 2 is 1.69 bits per heavy atom. The Hall–Kier alpha value is -3.03. The Balaban J connectivity index is 1.25. The standard InChI is InChI=1S/C22H20N4OS2/c1-15-2-4-17(5-3-15)21-25-19(14-29-21)10-11-24-22(27)26-18-8-6-16(7-9-18)20-23-12-13-28-20/h2-9,12-14H,10-11H2,1H3,(H2,24,26,27). The molecule has 0 fully saturated rings. The normalized spacial score (nSPS) is 10.7. The van der Waals surface area contributed by atoms with Crippen LogP contribution >= 0.6 is 22.7 Å². The molecule has 2 N–H and O–H groups in total. The lowest BCUT2D eigenvalue weighted by molar-refractivity contribution is 0.252. The van der Waals surface area contributed by atoms with E-state index in [9.17, 15) is 4.79 Å². The van der Waals surface area contributed by atoms with E-state index < -0.39 is 0 Å². The number of benzene rings is 2. The van der Waals surface area contributed by atoms with Crippen molar-refractivity contribution in [2.75, 3.05) is 11.9 Å². The van der Waals surface area contributed by atoms with Gasteiger partial charge in [0.1, 0.15) is 10.0 Å². The van der Waals surface area contributed by atoms with Crippen LogP contribution in [0.5, 0.6) is 0 Å². The first-order valence-electron chi connectivity index (χ1n) is 9.23. The van der Waals surface area contributed by atoms with E-state index in [0.29, 0.717) is 13.0 Å². The number of rotatable bonds is 6. The number of carbonyl (C=O) groups is 1. The quantitative estimate of drug-likeness (QED) is 0.426. The average Bonchev–Trinajstić information content (AvgIpc) is 3.42. The molecule has 0 spiro atoms. The summed E-state index contributed by atoms with van der Waals surface area (Å²) in [6, 6.07) is 15.8. The molecule has 0 saturated heterocycles. The number of hydrogen-bond donors (Lipinski definition) is 2. The summed E-state index contributed by atoms with van der Waals surface area (Å²) in [5.41, 5.74) is 5.13. The van der Waals surface area contributed by atoms with E-state index in [2.05, 4.69) is 51.8 Å². The first-order chi connectivity index (χ1) is 14.2. The molecule has 29 heavy (non-hydrogen) atoms. The monoisotopic (exact) mass is 420 g/mol. The zero-order chi connectivity index (χ0) is 20.1. The second-order valence-corrected chi connectivity index (χ2v) is 8.31. The minimum absolute atomic E-state index is 0.221. The van der Waals surface area contributed by atoms with Crippen molar-refractivity contribution in [1.82, 2.24) is 15.3 Å². The summed E-state index contributed by atoms with van der Waals surface area (Å²) in [5, 5.41) is 11.7. The lowest BCUT2D eigenvalue weighted by atomic mass is 10.2. The van der Waals surface area contributed by atoms with Crippen LogP contribution in [0.3, 0.4) is 0 Å². The molecule has 0 saturated carbocycles. The third-order valence-corrected chi connectivity index (χ3v) is 6.10. The van der Waals surface area contributed by atoms with Crippen LogP contribution in [-0.2, 0) is 6.42 Å². The Morgan fingerprint density at radius 3 is 2.41 bits per heavy atom. The molecule has 0 bridgehead atoms. The van der Waals surface area contributed by atoms with Gasteiger partial charge in [0.05, 0.1) is 5.69 Å². The fourth-order valence-corrected chi connectivity index (χ4v) is 4.30. The maximum absolute atomic E-state index is 12.1. The highest BCUT2D eigenvalue weighted by Gasteiger charge is 2.07. The fraction of sp³-hybridized carbons (Fsp3) is 0.136. The molecule has 4 rings (SSSR count). The van der Waals surface area contributed by atoms with Gasteiger partial charge < -0.3 is 10.6 Å². The highest BCUT2D eigenvalue weighted by Crippen LogP contribution is 2.24. The van der Waals surface area contributed by atoms with Crippen LogP contribution in [0.25, 0.3) is 21.1 Å². The number of urea groups is 1. The number of hydrogen-bond acceptors (Lipinski definition) is 5. The van der Waals surface area contributed by atoms with Gasteiger partial charge in [0.2, 0.25) is 0 Å². The predicted octanol–water partition coefficient (Wildman–Crippen LogP) is 5.61. The maximum Gasteiger partial charge on any atom is 0.319 e. The summed E-state index contributed by atoms with van der Waals surface area (Å²) in [6.07, 6.45) is 2.48. The summed E-state index contributed by atoms with van der Waals surface area (Å²) in [6.45, 7) is 2.60. The second-order valence-electron chi connectivity index (χ2n) is 6.56. The Labute approximate surface area is 177 Å². The van der Waals surface area contributed by atoms with Gasteiger partial charge in [0.25, 0.3) is 0 Å². The molecular formula is C22H20N4OS2. The van der Waals surface area contributed by atoms with E-state index in [-0.39, 0.29) is 6.03 Å². The van der Waals surface area contributed by atoms with E-state index in [1.807, 2.05) is 35.0 Å². The van der Waals surface area contributed by atoms with Crippen LogP contribution in [0.1, 0.15) is 11.3 Å². The van der Waals surface area contributed by atoms with Crippen LogP contribution < -0.4 is 10.6 Å². The SMILES string of the molecule is Cc1ccc(-c2nc(CCNC(=O)Nc3ccc(-c4nccs4)cc3)cs2)cc1. The van der Waals surface area contributed by atoms with Crippen molar-refractivity contribution < 1.29 is 4.79 Å². The molecule has 4 aromatic rings. The molecular weight excluding hydrogens is 400 g/mol. The molecule has 0 aliphatic heterocycles. The number of nitrogens with zero attached hydrogens (tertiary/aromatic N) is 2. The van der Waals surface area contributed by atoms with Gasteiger partial charge in [0, 0.05) is 46.7 Å². The number of thiazole rings is 2. The van der Waals surface area contributed by atoms with Crippen LogP contribution in [0.15, 0.2) is 65.5 Å². The van der Waals surface area contributed by atoms with Crippen molar-refractivity contribution in [2.24, 2.45) is 0 Å². The predicted molar refractivity (Wildman–Crippen MR) is 121 cm³/mol. The molecule has 0 atom stereocenters. The van der Waals surface area contributed by atoms with Crippen molar-refractivity contribution in [3.63, 3.8) is 0 Å². The molecule has 2 heterocycles. The topological polar surface area (TPSA) is 66.9 Å². The number of aromatic nitrogens is 2. The largest absolute Gasteiger partial charge is 0.337 e. The van der Waals surface area contributed by atoms with Crippen LogP contribution in [0.4, 0.5) is 10.5 Å². The van der Waals surface area contributed by atoms with E-state index in [0.717, 1.165) is 32.5 Å². The van der Waals surface area contributed by atoms with Crippen molar-refractivity contribution in [3.05, 3.63) is 76.7 Å². The third-order valence-electron chi connectivity index (χ3n) is 4.34. The highest BCUT2D eigenvalue weighted by molar-refractivity contribution is 7.13. The summed E-state index contributed by atoms with van der Waals surface area (Å²) < 4.78 is 0. The summed E-state index contributed by atoms with van der Waals surface area (Å²) in [7, 11) is 0. The van der Waals surface area contributed by atoms with E-state index in [1.165, 1.54) is 5.56 Å². The van der Waals surface area contributed by atoms with Gasteiger partial charge in [-0.2, -0.15) is 0 Å². The van der Waals surface area contributed by atoms with Gasteiger partial charge >= 0.3 is 6.03 Å². The maximum atomic E-state index is 12.1. The number of anilines is 1. The van der Waals surface area contributed by atoms with E-state index >= 15 is 0 Å². The van der Waals surface area contributed by atoms with Gasteiger partial charge in [-0.05, 0) is 31.2 Å². The minimum atomic E-state index is -0.221. The van der Waals surface area contributed by atoms with Crippen LogP contribution in [0, 0.1) is 6.92 Å². The highest BCUT2D eigenvalue weighted by atomic mass is 32.1. The Morgan fingerprint density at radius 1 is 0.966 bits per heavy atom. The van der Waals surface area contributed by atoms with Gasteiger partial charge in [-0.1, -0.05) is 29.8 Å². The lowest BCUT2D eigenvalue weighted by Crippen LogP contribution is -2.30. The molecule has 0 aliphatic carbocycles. The van der Waals surface area contributed by atoms with Gasteiger partial charge in [-0.3, -0.25) is 0 Å². The van der Waals surface area contributed by atoms with E-state index in [1.54, 1.807) is 28.9 Å². The number of aryl methyl sites for hydroxylation is 1. The summed E-state index contributed by atoms with van der Waals surface area (Å²) >= 11 is 3.22. The van der Waals surface area contributed by atoms with Gasteiger partial charge in [0.15, 0.2) is 0 Å². The molecule has 5 nitrogen and oxygen atoms in total. The lowest BCUT2D eigenvalue weighted by Gasteiger charge is -2.07. The molecule has 2 amide bonds. The van der Waals surface area contributed by atoms with Crippen molar-refractivity contribution >= 4 is 34.4 Å². The first kappa shape index (κ1) is 19.3. The van der Waals surface area contributed by atoms with Crippen molar-refractivity contribution in [1.29, 1.82) is 0 Å². The Kier molecular flexibility index (Phi) is 5.97. The zero-order valence-electron chi connectivity index (χ0n) is 15.9. The van der Waals surface area contributed by atoms with Gasteiger partial charge in [-0.25, -0.2) is 14.8 Å². The minimum Gasteiger partial charge on any atom is -0.337 e. The summed E-state index contributed by atoms with van der Waals surface area (Å²) in [4.78, 5) is 21.1. The number of carbonyl (C=O) groups excluding carboxylic acids is 1. The van der Waals surface area contributed by atoms with Crippen LogP contribution in [0.2, 0.25) is 0 Å². The van der Waals surface area contributed by atoms with Crippen molar-refractivity contribution in [3.8, 4) is 21.1 Å². The first-order valence-corrected chi connectivity index (χ1v) is 11.0. The van der Waals surface area contributed by atoms with E-state index in [4.69, 9.17) is 0 Å². The molecule has 0 radical (unpaired) electrons. The number of amides is 2. The van der Waals surface area contributed by atoms with Gasteiger partial charge in [-0.15, -0.1) is 22.7 Å². The average molecular weight is 421 g/mol. The molecule has 0 unspecified atom stereocenters. The number of nitrogens with one attached hydrogen (secondary N) is 2. The van der Waals surface area contributed by atoms with Crippen LogP contribution in [-0.4, -0.2) is 22.5 Å². The van der Waals surface area contributed by atoms with Crippen molar-refractivity contribution in [2.45, 2.75) is 13.3 Å². The molecule has 7 heteroatoms. The molecule has 146 valence electrons. The summed E-state index contributed by atoms with van der Waals surface area (Å²) in [5.74, 6) is 0. The smallest absolute Gasteiger partial charge is 0.319 e. The fourth-order valence-electron chi connectivity index (χ4n) is 2.79.